The molecule has 0 saturated carbocycles. The van der Waals surface area contributed by atoms with Gasteiger partial charge >= 0.3 is 0 Å². The lowest BCUT2D eigenvalue weighted by Crippen LogP contribution is -2.66. The second-order valence-corrected chi connectivity index (χ2v) is 8.67. The van der Waals surface area contributed by atoms with Gasteiger partial charge in [-0.3, -0.25) is 0 Å². The molecule has 2 rings (SSSR count). The zero-order valence-electron chi connectivity index (χ0n) is 15.4. The van der Waals surface area contributed by atoms with Crippen LogP contribution in [0, 0.1) is 17.3 Å². The van der Waals surface area contributed by atoms with E-state index in [1.54, 1.807) is 0 Å². The van der Waals surface area contributed by atoms with E-state index in [2.05, 4.69) is 48.5 Å². The van der Waals surface area contributed by atoms with Crippen LogP contribution in [0.15, 0.2) is 0 Å². The van der Waals surface area contributed by atoms with Crippen molar-refractivity contribution in [3.05, 3.63) is 0 Å². The lowest BCUT2D eigenvalue weighted by molar-refractivity contribution is -0.343. The zero-order chi connectivity index (χ0) is 16.8. The van der Waals surface area contributed by atoms with Gasteiger partial charge in [0, 0.05) is 22.4 Å². The number of hydroxylamine groups is 2. The molecule has 4 nitrogen and oxygen atoms in total. The number of piperidine rings is 1. The Kier molecular flexibility index (Phi) is 5.00. The molecule has 4 unspecified atom stereocenters. The second kappa shape index (κ2) is 6.04. The van der Waals surface area contributed by atoms with Gasteiger partial charge in [-0.15, -0.1) is 10.3 Å². The molecule has 4 heteroatoms. The third kappa shape index (κ3) is 2.95. The van der Waals surface area contributed by atoms with Crippen molar-refractivity contribution in [2.45, 2.75) is 85.1 Å². The highest BCUT2D eigenvalue weighted by Gasteiger charge is 2.56. The molecule has 0 aliphatic carbocycles. The number of nitrogens with zero attached hydrogens (tertiary/aromatic N) is 1. The summed E-state index contributed by atoms with van der Waals surface area (Å²) in [6.45, 7) is 16.4. The predicted molar refractivity (Wildman–Crippen MR) is 86.7 cm³/mol. The van der Waals surface area contributed by atoms with Crippen LogP contribution in [-0.4, -0.2) is 35.6 Å². The van der Waals surface area contributed by atoms with Crippen molar-refractivity contribution in [2.75, 3.05) is 13.2 Å². The topological polar surface area (TPSA) is 41.6 Å². The zero-order valence-corrected chi connectivity index (χ0v) is 15.4. The summed E-state index contributed by atoms with van der Waals surface area (Å²) in [5.41, 5.74) is -0.601. The van der Waals surface area contributed by atoms with Crippen LogP contribution in [0.5, 0.6) is 0 Å². The van der Waals surface area contributed by atoms with E-state index >= 15 is 0 Å². The molecular formula is C18H34NO3. The molecule has 0 amide bonds. The van der Waals surface area contributed by atoms with Crippen molar-refractivity contribution < 1.29 is 14.7 Å². The second-order valence-electron chi connectivity index (χ2n) is 8.67. The van der Waals surface area contributed by atoms with E-state index in [1.807, 2.05) is 0 Å². The summed E-state index contributed by atoms with van der Waals surface area (Å²) in [6, 6.07) is 0. The van der Waals surface area contributed by atoms with Gasteiger partial charge in [-0.25, -0.2) is 0 Å². The first-order valence-corrected chi connectivity index (χ1v) is 8.80. The molecule has 0 aromatic carbocycles. The summed E-state index contributed by atoms with van der Waals surface area (Å²) in [7, 11) is 0. The Labute approximate surface area is 136 Å². The van der Waals surface area contributed by atoms with E-state index in [1.165, 1.54) is 5.06 Å². The summed E-state index contributed by atoms with van der Waals surface area (Å²) in [5.74, 6) is 0.525. The Bertz CT molecular complexity index is 390. The van der Waals surface area contributed by atoms with Crippen LogP contribution in [0.2, 0.25) is 0 Å². The van der Waals surface area contributed by atoms with Gasteiger partial charge in [-0.2, -0.15) is 0 Å². The Hall–Kier alpha value is -0.160. The fraction of sp³-hybridized carbons (Fsp3) is 1.00. The number of ether oxygens (including phenoxy) is 2. The lowest BCUT2D eigenvalue weighted by atomic mass is 9.65. The number of rotatable bonds is 3. The largest absolute Gasteiger partial charge is 0.352 e. The van der Waals surface area contributed by atoms with Crippen LogP contribution in [0.4, 0.5) is 0 Å². The van der Waals surface area contributed by atoms with E-state index in [0.29, 0.717) is 0 Å². The van der Waals surface area contributed by atoms with Crippen LogP contribution in [0.25, 0.3) is 0 Å². The minimum atomic E-state index is -0.354. The smallest absolute Gasteiger partial charge is 0.160 e. The average Bonchev–Trinajstić information content (AvgIpc) is 2.49. The van der Waals surface area contributed by atoms with Gasteiger partial charge in [-0.1, -0.05) is 34.6 Å². The maximum Gasteiger partial charge on any atom is 0.160 e. The van der Waals surface area contributed by atoms with Gasteiger partial charge in [0.15, 0.2) is 6.29 Å². The van der Waals surface area contributed by atoms with E-state index < -0.39 is 0 Å². The van der Waals surface area contributed by atoms with E-state index in [4.69, 9.17) is 9.47 Å². The van der Waals surface area contributed by atoms with E-state index in [0.717, 1.165) is 32.5 Å². The van der Waals surface area contributed by atoms with Crippen molar-refractivity contribution in [1.29, 1.82) is 0 Å². The van der Waals surface area contributed by atoms with Crippen LogP contribution in [0.1, 0.15) is 67.7 Å². The van der Waals surface area contributed by atoms with Gasteiger partial charge in [0.2, 0.25) is 0 Å². The maximum absolute atomic E-state index is 13.0. The summed E-state index contributed by atoms with van der Waals surface area (Å²) < 4.78 is 12.1. The summed E-state index contributed by atoms with van der Waals surface area (Å²) >= 11 is 0. The Morgan fingerprint density at radius 3 is 2.05 bits per heavy atom. The highest BCUT2D eigenvalue weighted by Crippen LogP contribution is 2.49. The third-order valence-corrected chi connectivity index (χ3v) is 6.36. The van der Waals surface area contributed by atoms with Crippen LogP contribution < -0.4 is 0 Å². The molecule has 22 heavy (non-hydrogen) atoms. The van der Waals surface area contributed by atoms with Crippen molar-refractivity contribution >= 4 is 0 Å². The van der Waals surface area contributed by atoms with E-state index in [-0.39, 0.29) is 34.6 Å². The molecule has 0 bridgehead atoms. The van der Waals surface area contributed by atoms with E-state index in [9.17, 15) is 5.21 Å². The summed E-state index contributed by atoms with van der Waals surface area (Å²) in [4.78, 5) is 0. The average molecular weight is 312 g/mol. The molecule has 1 radical (unpaired) electrons. The molecule has 0 aromatic rings. The highest BCUT2D eigenvalue weighted by atomic mass is 16.7. The number of hydrogen-bond donors (Lipinski definition) is 0. The minimum Gasteiger partial charge on any atom is -0.352 e. The number of hydrogen-bond acceptors (Lipinski definition) is 3. The quantitative estimate of drug-likeness (QED) is 0.790. The lowest BCUT2D eigenvalue weighted by Gasteiger charge is -2.57. The Balaban J connectivity index is 2.24. The minimum absolute atomic E-state index is 0.0844. The molecule has 0 aromatic heterocycles. The summed E-state index contributed by atoms with van der Waals surface area (Å²) in [5, 5.41) is 14.4. The van der Waals surface area contributed by atoms with Crippen LogP contribution in [0.3, 0.4) is 0 Å². The molecule has 0 spiro atoms. The molecule has 2 fully saturated rings. The fourth-order valence-electron chi connectivity index (χ4n) is 4.07. The van der Waals surface area contributed by atoms with Crippen LogP contribution >= 0.6 is 0 Å². The molecule has 2 heterocycles. The SMILES string of the molecule is CCC1(C)CC(C2OCC(C)(C)CO2)C(C)C(C)(CC)N1[O]. The standard InChI is InChI=1S/C18H34NO3/c1-8-17(6)10-14(13(3)18(7,9-2)19(17)20)15-21-11-16(4,5)12-22-15/h13-15H,8-12H2,1-7H3. The van der Waals surface area contributed by atoms with Crippen molar-refractivity contribution in [1.82, 2.24) is 5.06 Å². The van der Waals surface area contributed by atoms with Gasteiger partial charge in [-0.05, 0) is 39.0 Å². The molecule has 0 N–H and O–H groups in total. The first kappa shape index (κ1) is 18.2. The van der Waals surface area contributed by atoms with Gasteiger partial charge < -0.3 is 9.47 Å². The normalized spacial score (nSPS) is 44.2. The van der Waals surface area contributed by atoms with Crippen LogP contribution in [-0.2, 0) is 14.7 Å². The Morgan fingerprint density at radius 2 is 1.59 bits per heavy atom. The third-order valence-electron chi connectivity index (χ3n) is 6.36. The summed E-state index contributed by atoms with van der Waals surface area (Å²) in [6.07, 6.45) is 2.37. The molecule has 2 aliphatic rings. The Morgan fingerprint density at radius 1 is 1.05 bits per heavy atom. The van der Waals surface area contributed by atoms with Gasteiger partial charge in [0.1, 0.15) is 0 Å². The first-order valence-electron chi connectivity index (χ1n) is 8.80. The molecule has 4 atom stereocenters. The first-order chi connectivity index (χ1) is 10.1. The van der Waals surface area contributed by atoms with Gasteiger partial charge in [0.05, 0.1) is 13.2 Å². The van der Waals surface area contributed by atoms with Crippen molar-refractivity contribution in [3.63, 3.8) is 0 Å². The maximum atomic E-state index is 13.0. The molecular weight excluding hydrogens is 278 g/mol. The molecule has 2 aliphatic heterocycles. The highest BCUT2D eigenvalue weighted by molar-refractivity contribution is 5.04. The van der Waals surface area contributed by atoms with Gasteiger partial charge in [0.25, 0.3) is 0 Å². The van der Waals surface area contributed by atoms with Crippen molar-refractivity contribution in [3.8, 4) is 0 Å². The van der Waals surface area contributed by atoms with Crippen molar-refractivity contribution in [2.24, 2.45) is 17.3 Å². The fourth-order valence-corrected chi connectivity index (χ4v) is 4.07. The molecule has 2 saturated heterocycles. The molecule has 129 valence electrons. The monoisotopic (exact) mass is 312 g/mol. The predicted octanol–water partition coefficient (Wildman–Crippen LogP) is 4.03.